The third-order valence-corrected chi connectivity index (χ3v) is 7.60. The normalized spacial score (nSPS) is 34.9. The topological polar surface area (TPSA) is 60.7 Å². The maximum Gasteiger partial charge on any atom is 0.0787 e. The van der Waals surface area contributed by atoms with E-state index < -0.39 is 5.60 Å². The number of fused-ring (bicyclic) bond motifs is 1. The van der Waals surface area contributed by atoms with Crippen LogP contribution in [-0.2, 0) is 0 Å². The lowest BCUT2D eigenvalue weighted by Gasteiger charge is -2.42. The third kappa shape index (κ3) is 6.18. The molecule has 3 rings (SSSR count). The molecule has 0 bridgehead atoms. The molecular weight excluding hydrogens is 372 g/mol. The fourth-order valence-corrected chi connectivity index (χ4v) is 5.80. The van der Waals surface area contributed by atoms with Crippen LogP contribution in [0.3, 0.4) is 0 Å². The summed E-state index contributed by atoms with van der Waals surface area (Å²) in [6.45, 7) is 10.4. The standard InChI is InChI=1S/C26H40O2.CH4O/c1-19-20(9-7-12-24(19)27)13-14-21-10-8-18-26(4)22(15-16-23(21)26)11-5-6-17-25(2,3)28;1-2/h5-6,13-14,22-24,27-28H,1,7-12,15-18H2,2-4H3;2H,1H3/b6-5+,20-13-,21-14+;. The first-order valence-electron chi connectivity index (χ1n) is 11.8. The maximum atomic E-state index is 10.1. The van der Waals surface area contributed by atoms with Gasteiger partial charge in [-0.1, -0.05) is 43.4 Å². The molecule has 170 valence electrons. The highest BCUT2D eigenvalue weighted by molar-refractivity contribution is 5.37. The van der Waals surface area contributed by atoms with Gasteiger partial charge in [-0.05, 0) is 106 Å². The largest absolute Gasteiger partial charge is 0.400 e. The Morgan fingerprint density at radius 1 is 1.07 bits per heavy atom. The Morgan fingerprint density at radius 2 is 1.80 bits per heavy atom. The van der Waals surface area contributed by atoms with Gasteiger partial charge in [0.1, 0.15) is 0 Å². The van der Waals surface area contributed by atoms with Crippen LogP contribution in [0.15, 0.2) is 47.6 Å². The molecule has 0 heterocycles. The average Bonchev–Trinajstić information content (AvgIpc) is 3.04. The summed E-state index contributed by atoms with van der Waals surface area (Å²) in [6, 6.07) is 0. The van der Waals surface area contributed by atoms with Gasteiger partial charge >= 0.3 is 0 Å². The van der Waals surface area contributed by atoms with Crippen LogP contribution in [0.1, 0.15) is 85.0 Å². The molecule has 3 N–H and O–H groups in total. The van der Waals surface area contributed by atoms with Crippen molar-refractivity contribution >= 4 is 0 Å². The van der Waals surface area contributed by atoms with Gasteiger partial charge in [-0.25, -0.2) is 0 Å². The number of aliphatic hydroxyl groups is 3. The van der Waals surface area contributed by atoms with Gasteiger partial charge in [0.15, 0.2) is 0 Å². The summed E-state index contributed by atoms with van der Waals surface area (Å²) in [5.41, 5.74) is 3.61. The Balaban J connectivity index is 0.00000155. The Hall–Kier alpha value is -1.16. The number of allylic oxidation sites excluding steroid dienone is 4. The molecule has 3 aliphatic rings. The SMILES string of the molecule is C=C1/C(=C\C=C2/CCCC3(C)C(C/C=C/CC(C)(C)O)CCC23)CCCC1O.CO. The summed E-state index contributed by atoms with van der Waals surface area (Å²) in [4.78, 5) is 0. The third-order valence-electron chi connectivity index (χ3n) is 7.60. The van der Waals surface area contributed by atoms with E-state index >= 15 is 0 Å². The van der Waals surface area contributed by atoms with Crippen LogP contribution in [0, 0.1) is 17.3 Å². The molecule has 3 saturated carbocycles. The first-order valence-corrected chi connectivity index (χ1v) is 11.8. The van der Waals surface area contributed by atoms with Crippen molar-refractivity contribution in [3.8, 4) is 0 Å². The molecular formula is C27H44O3. The summed E-state index contributed by atoms with van der Waals surface area (Å²) < 4.78 is 0. The quantitative estimate of drug-likeness (QED) is 0.491. The highest BCUT2D eigenvalue weighted by atomic mass is 16.3. The fourth-order valence-electron chi connectivity index (χ4n) is 5.80. The lowest BCUT2D eigenvalue weighted by atomic mass is 9.63. The molecule has 3 heteroatoms. The van der Waals surface area contributed by atoms with Gasteiger partial charge in [-0.15, -0.1) is 0 Å². The second-order valence-electron chi connectivity index (χ2n) is 10.3. The van der Waals surface area contributed by atoms with Gasteiger partial charge in [0, 0.05) is 7.11 Å². The van der Waals surface area contributed by atoms with Crippen molar-refractivity contribution in [2.24, 2.45) is 17.3 Å². The molecule has 3 fully saturated rings. The fraction of sp³-hybridized carbons (Fsp3) is 0.704. The van der Waals surface area contributed by atoms with Crippen LogP contribution in [0.2, 0.25) is 0 Å². The average molecular weight is 417 g/mol. The zero-order valence-electron chi connectivity index (χ0n) is 19.7. The van der Waals surface area contributed by atoms with E-state index in [-0.39, 0.29) is 6.10 Å². The Labute approximate surface area is 184 Å². The van der Waals surface area contributed by atoms with Crippen molar-refractivity contribution in [2.45, 2.75) is 96.7 Å². The minimum atomic E-state index is -0.608. The van der Waals surface area contributed by atoms with Crippen molar-refractivity contribution < 1.29 is 15.3 Å². The van der Waals surface area contributed by atoms with Crippen molar-refractivity contribution in [3.05, 3.63) is 47.6 Å². The van der Waals surface area contributed by atoms with Crippen molar-refractivity contribution in [3.63, 3.8) is 0 Å². The molecule has 0 amide bonds. The van der Waals surface area contributed by atoms with E-state index in [1.165, 1.54) is 37.7 Å². The van der Waals surface area contributed by atoms with E-state index in [9.17, 15) is 10.2 Å². The summed E-state index contributed by atoms with van der Waals surface area (Å²) >= 11 is 0. The molecule has 0 saturated heterocycles. The van der Waals surface area contributed by atoms with Crippen molar-refractivity contribution in [2.75, 3.05) is 7.11 Å². The molecule has 4 atom stereocenters. The van der Waals surface area contributed by atoms with E-state index in [1.807, 2.05) is 13.8 Å². The van der Waals surface area contributed by atoms with E-state index in [4.69, 9.17) is 5.11 Å². The van der Waals surface area contributed by atoms with E-state index in [2.05, 4.69) is 37.8 Å². The van der Waals surface area contributed by atoms with Crippen molar-refractivity contribution in [1.82, 2.24) is 0 Å². The summed E-state index contributed by atoms with van der Waals surface area (Å²) in [7, 11) is 1.00. The second-order valence-corrected chi connectivity index (χ2v) is 10.3. The van der Waals surface area contributed by atoms with Gasteiger partial charge in [-0.2, -0.15) is 0 Å². The molecule has 30 heavy (non-hydrogen) atoms. The summed E-state index contributed by atoms with van der Waals surface area (Å²) in [5, 5.41) is 27.0. The number of hydrogen-bond donors (Lipinski definition) is 3. The van der Waals surface area contributed by atoms with E-state index in [1.54, 1.807) is 5.57 Å². The van der Waals surface area contributed by atoms with Gasteiger partial charge in [0.25, 0.3) is 0 Å². The molecule has 0 aromatic heterocycles. The van der Waals surface area contributed by atoms with Crippen LogP contribution in [0.5, 0.6) is 0 Å². The summed E-state index contributed by atoms with van der Waals surface area (Å²) in [6.07, 6.45) is 20.1. The Morgan fingerprint density at radius 3 is 2.50 bits per heavy atom. The molecule has 3 nitrogen and oxygen atoms in total. The van der Waals surface area contributed by atoms with Gasteiger partial charge in [-0.3, -0.25) is 0 Å². The smallest absolute Gasteiger partial charge is 0.0787 e. The highest BCUT2D eigenvalue weighted by Gasteiger charge is 2.48. The first-order chi connectivity index (χ1) is 14.2. The van der Waals surface area contributed by atoms with Crippen LogP contribution in [-0.4, -0.2) is 34.1 Å². The van der Waals surface area contributed by atoms with Gasteiger partial charge in [0.05, 0.1) is 11.7 Å². The molecule has 0 spiro atoms. The van der Waals surface area contributed by atoms with Gasteiger partial charge in [0.2, 0.25) is 0 Å². The molecule has 4 unspecified atom stereocenters. The monoisotopic (exact) mass is 416 g/mol. The van der Waals surface area contributed by atoms with Gasteiger partial charge < -0.3 is 15.3 Å². The van der Waals surface area contributed by atoms with Crippen LogP contribution < -0.4 is 0 Å². The second kappa shape index (κ2) is 10.9. The molecule has 0 aliphatic heterocycles. The zero-order chi connectivity index (χ0) is 22.4. The Kier molecular flexibility index (Phi) is 9.14. The zero-order valence-corrected chi connectivity index (χ0v) is 19.7. The lowest BCUT2D eigenvalue weighted by molar-refractivity contribution is 0.0837. The van der Waals surface area contributed by atoms with E-state index in [0.29, 0.717) is 11.3 Å². The van der Waals surface area contributed by atoms with Crippen molar-refractivity contribution in [1.29, 1.82) is 0 Å². The predicted molar refractivity (Wildman–Crippen MR) is 126 cm³/mol. The summed E-state index contributed by atoms with van der Waals surface area (Å²) in [5.74, 6) is 1.45. The molecule has 0 aromatic rings. The lowest BCUT2D eigenvalue weighted by Crippen LogP contribution is -2.33. The predicted octanol–water partition coefficient (Wildman–Crippen LogP) is 5.87. The minimum absolute atomic E-state index is 0.346. The van der Waals surface area contributed by atoms with E-state index in [0.717, 1.165) is 50.7 Å². The molecule has 0 aromatic carbocycles. The number of hydrogen-bond acceptors (Lipinski definition) is 3. The maximum absolute atomic E-state index is 10.1. The molecule has 3 aliphatic carbocycles. The number of rotatable bonds is 5. The van der Waals surface area contributed by atoms with Crippen LogP contribution in [0.25, 0.3) is 0 Å². The van der Waals surface area contributed by atoms with Crippen LogP contribution >= 0.6 is 0 Å². The first kappa shape index (κ1) is 25.1. The van der Waals surface area contributed by atoms with Crippen LogP contribution in [0.4, 0.5) is 0 Å². The number of aliphatic hydroxyl groups excluding tert-OH is 2. The Bertz CT molecular complexity index is 664. The highest BCUT2D eigenvalue weighted by Crippen LogP contribution is 2.58. The molecule has 0 radical (unpaired) electrons. The minimum Gasteiger partial charge on any atom is -0.400 e.